The van der Waals surface area contributed by atoms with Gasteiger partial charge in [-0.25, -0.2) is 0 Å². The van der Waals surface area contributed by atoms with Crippen LogP contribution in [-0.2, 0) is 49.1 Å². The van der Waals surface area contributed by atoms with Crippen molar-refractivity contribution in [3.8, 4) is 11.5 Å². The number of benzene rings is 2. The zero-order chi connectivity index (χ0) is 27.6. The summed E-state index contributed by atoms with van der Waals surface area (Å²) in [6.07, 6.45) is 6.02. The fourth-order valence-corrected chi connectivity index (χ4v) is 4.88. The average molecular weight is 670 g/mol. The predicted octanol–water partition coefficient (Wildman–Crippen LogP) is 7.86. The zero-order valence-electron chi connectivity index (χ0n) is 22.8. The van der Waals surface area contributed by atoms with Gasteiger partial charge in [-0.05, 0) is 60.9 Å². The van der Waals surface area contributed by atoms with Crippen LogP contribution in [0.15, 0.2) is 36.4 Å². The fraction of sp³-hybridized carbons (Fsp3) is 0.483. The zero-order valence-corrected chi connectivity index (χ0v) is 28.8. The monoisotopic (exact) mass is 666 g/mol. The van der Waals surface area contributed by atoms with Crippen molar-refractivity contribution in [3.05, 3.63) is 72.5 Å². The molecule has 8 heteroatoms. The summed E-state index contributed by atoms with van der Waals surface area (Å²) >= 11 is 12.9. The minimum absolute atomic E-state index is 0. The van der Waals surface area contributed by atoms with Gasteiger partial charge in [0.1, 0.15) is 17.3 Å². The Bertz CT molecular complexity index is 898. The van der Waals surface area contributed by atoms with Crippen LogP contribution in [0.25, 0.3) is 0 Å². The van der Waals surface area contributed by atoms with Crippen molar-refractivity contribution in [1.29, 1.82) is 0 Å². The Hall–Kier alpha value is -0.647. The van der Waals surface area contributed by atoms with Gasteiger partial charge in [0, 0.05) is 23.7 Å². The number of aliphatic hydroxyl groups is 1. The van der Waals surface area contributed by atoms with Crippen molar-refractivity contribution in [1.82, 2.24) is 0 Å². The predicted molar refractivity (Wildman–Crippen MR) is 157 cm³/mol. The second kappa shape index (κ2) is 22.2. The first kappa shape index (κ1) is 38.5. The number of hydrogen-bond acceptors (Lipinski definition) is 4. The van der Waals surface area contributed by atoms with E-state index in [9.17, 15) is 9.90 Å². The van der Waals surface area contributed by atoms with Crippen molar-refractivity contribution in [2.24, 2.45) is 0 Å². The first-order valence-corrected chi connectivity index (χ1v) is 14.3. The number of halogens is 3. The molecule has 1 N–H and O–H groups in total. The van der Waals surface area contributed by atoms with Crippen LogP contribution in [0.1, 0.15) is 61.8 Å². The minimum atomic E-state index is -0.720. The molecule has 0 saturated heterocycles. The number of carbonyl (C=O) groups excluding carboxylic acids is 1. The van der Waals surface area contributed by atoms with E-state index in [-0.39, 0.29) is 24.8 Å². The number of methoxy groups -OCH3 is 2. The molecule has 0 bridgehead atoms. The van der Waals surface area contributed by atoms with Crippen LogP contribution < -0.4 is 9.47 Å². The van der Waals surface area contributed by atoms with E-state index in [0.717, 1.165) is 60.3 Å². The molecule has 0 aromatic heterocycles. The summed E-state index contributed by atoms with van der Waals surface area (Å²) in [5.41, 5.74) is 3.83. The number of alkyl halides is 3. The summed E-state index contributed by atoms with van der Waals surface area (Å²) < 4.78 is 10.6. The average Bonchev–Trinajstić information content (AvgIpc) is 3.12. The van der Waals surface area contributed by atoms with E-state index in [0.29, 0.717) is 24.0 Å². The Kier molecular flexibility index (Phi) is 23.1. The quantitative estimate of drug-likeness (QED) is 0.157. The van der Waals surface area contributed by atoms with Crippen LogP contribution in [0.3, 0.4) is 0 Å². The molecule has 0 saturated carbocycles. The Labute approximate surface area is 255 Å². The van der Waals surface area contributed by atoms with Crippen molar-refractivity contribution in [3.63, 3.8) is 0 Å². The van der Waals surface area contributed by atoms with Gasteiger partial charge >= 0.3 is 19.5 Å². The van der Waals surface area contributed by atoms with E-state index in [1.165, 1.54) is 5.56 Å². The van der Waals surface area contributed by atoms with Crippen molar-refractivity contribution in [2.45, 2.75) is 64.4 Å². The second-order valence-corrected chi connectivity index (χ2v) is 9.14. The van der Waals surface area contributed by atoms with E-state index < -0.39 is 5.60 Å². The van der Waals surface area contributed by atoms with Gasteiger partial charge in [-0.2, -0.15) is 13.8 Å². The van der Waals surface area contributed by atoms with E-state index in [2.05, 4.69) is 29.8 Å². The van der Waals surface area contributed by atoms with Crippen LogP contribution in [0.2, 0.25) is 0 Å². The molecule has 2 aromatic carbocycles. The molecular weight excluding hydrogens is 629 g/mol. The van der Waals surface area contributed by atoms with E-state index in [1.54, 1.807) is 28.1 Å². The number of Topliss-reactive ketones (excluding diaryl/α,β-unsaturated/α-hetero) is 1. The molecular formula is C29H41BrCl2O4Zn. The first-order valence-electron chi connectivity index (χ1n) is 12.1. The van der Waals surface area contributed by atoms with Gasteiger partial charge in [-0.15, -0.1) is 23.2 Å². The number of fused-ring (bicyclic) bond motifs is 2. The summed E-state index contributed by atoms with van der Waals surface area (Å²) in [5.74, 6) is 2.17. The molecule has 2 aromatic rings. The Morgan fingerprint density at radius 2 is 1.43 bits per heavy atom. The molecule has 0 amide bonds. The first-order chi connectivity index (χ1) is 17.4. The molecule has 2 aliphatic carbocycles. The molecule has 0 radical (unpaired) electrons. The Morgan fingerprint density at radius 1 is 0.919 bits per heavy atom. The molecule has 1 atom stereocenters. The largest absolute Gasteiger partial charge is 2.00 e. The Morgan fingerprint density at radius 3 is 1.97 bits per heavy atom. The van der Waals surface area contributed by atoms with E-state index in [4.69, 9.17) is 32.7 Å². The van der Waals surface area contributed by atoms with Crippen LogP contribution in [0.5, 0.6) is 11.5 Å². The molecule has 1 unspecified atom stereocenters. The van der Waals surface area contributed by atoms with Crippen LogP contribution in [0.4, 0.5) is 0 Å². The molecule has 0 aliphatic heterocycles. The maximum Gasteiger partial charge on any atom is 2.00 e. The molecule has 0 spiro atoms. The third-order valence-corrected chi connectivity index (χ3v) is 6.74. The minimum Gasteiger partial charge on any atom is -0.496 e. The van der Waals surface area contributed by atoms with Crippen molar-refractivity contribution >= 4 is 44.9 Å². The van der Waals surface area contributed by atoms with E-state index in [1.807, 2.05) is 36.4 Å². The molecule has 0 heterocycles. The van der Waals surface area contributed by atoms with Gasteiger partial charge in [0.25, 0.3) is 0 Å². The molecule has 4 rings (SSSR count). The summed E-state index contributed by atoms with van der Waals surface area (Å²) in [6.45, 7) is 10.0. The van der Waals surface area contributed by atoms with Gasteiger partial charge < -0.3 is 28.4 Å². The summed E-state index contributed by atoms with van der Waals surface area (Å²) in [5, 5.41) is 11.2. The van der Waals surface area contributed by atoms with Gasteiger partial charge in [0.05, 0.1) is 25.2 Å². The topological polar surface area (TPSA) is 55.8 Å². The second-order valence-electron chi connectivity index (χ2n) is 7.77. The summed E-state index contributed by atoms with van der Waals surface area (Å²) in [6, 6.07) is 11.8. The normalized spacial score (nSPS) is 16.9. The molecule has 4 nitrogen and oxygen atoms in total. The summed E-state index contributed by atoms with van der Waals surface area (Å²) in [7, 11) is 3.36. The van der Waals surface area contributed by atoms with Gasteiger partial charge in [0.2, 0.25) is 0 Å². The maximum absolute atomic E-state index is 11.4. The van der Waals surface area contributed by atoms with Crippen molar-refractivity contribution in [2.75, 3.05) is 24.9 Å². The van der Waals surface area contributed by atoms with Crippen LogP contribution in [0, 0.1) is 13.8 Å². The third-order valence-electron chi connectivity index (χ3n) is 5.81. The number of carbonyl (C=O) groups is 1. The standard InChI is InChI=1S/C12H15BrO2.C12H14O2.2C2H5.CH2Cl2.Zn/c1-15-11-6-2-5-10-9(11)4-3-7-12(10,14)8-13;1-14-12-7-2-4-9-8-10(13)5-3-6-11(9)12;2*1-2;2-1-3;/h2,5-6,14H,3-4,7-8H2,1H3;2,4,7H,3,5-6,8H2,1H3;2*1H2,2H3;1H2;/q;;2*-1;;+2. The Balaban J connectivity index is 0. The fourth-order valence-electron chi connectivity index (χ4n) is 4.30. The third kappa shape index (κ3) is 12.0. The van der Waals surface area contributed by atoms with Gasteiger partial charge in [0.15, 0.2) is 0 Å². The molecule has 2 aliphatic rings. The van der Waals surface area contributed by atoms with Crippen LogP contribution >= 0.6 is 39.1 Å². The van der Waals surface area contributed by atoms with Gasteiger partial charge in [-0.1, -0.05) is 40.2 Å². The van der Waals surface area contributed by atoms with E-state index >= 15 is 0 Å². The molecule has 37 heavy (non-hydrogen) atoms. The molecule has 0 fully saturated rings. The van der Waals surface area contributed by atoms with Gasteiger partial charge in [-0.3, -0.25) is 4.79 Å². The van der Waals surface area contributed by atoms with Crippen molar-refractivity contribution < 1.29 is 38.9 Å². The number of ether oxygens (including phenoxy) is 2. The SMILES string of the molecule is COc1cccc2c1CCCC(=O)C2.COc1cccc2c1CCCC2(O)CBr.ClCCl.[CH2-]C.[CH2-]C.[Zn+2]. The number of rotatable bonds is 3. The maximum atomic E-state index is 11.4. The number of ketones is 1. The van der Waals surface area contributed by atoms with Crippen LogP contribution in [-0.4, -0.2) is 35.8 Å². The number of hydrogen-bond donors (Lipinski definition) is 1. The smallest absolute Gasteiger partial charge is 0.496 e. The molecule has 204 valence electrons. The summed E-state index contributed by atoms with van der Waals surface area (Å²) in [4.78, 5) is 11.4.